The summed E-state index contributed by atoms with van der Waals surface area (Å²) < 4.78 is 6.06. The number of benzene rings is 2. The van der Waals surface area contributed by atoms with Crippen molar-refractivity contribution in [3.63, 3.8) is 0 Å². The van der Waals surface area contributed by atoms with Gasteiger partial charge < -0.3 is 4.74 Å². The van der Waals surface area contributed by atoms with Crippen molar-refractivity contribution in [1.29, 1.82) is 0 Å². The van der Waals surface area contributed by atoms with Crippen molar-refractivity contribution in [3.8, 4) is 23.0 Å². The molecule has 0 heterocycles. The van der Waals surface area contributed by atoms with Crippen molar-refractivity contribution in [2.24, 2.45) is 0 Å². The molecule has 0 aromatic heterocycles. The number of rotatable bonds is 3. The Bertz CT molecular complexity index is 925. The van der Waals surface area contributed by atoms with Gasteiger partial charge in [-0.2, -0.15) is 0 Å². The minimum Gasteiger partial charge on any atom is -0.450 e. The second kappa shape index (κ2) is 7.57. The zero-order chi connectivity index (χ0) is 20.4. The molecule has 4 nitrogen and oxygen atoms in total. The van der Waals surface area contributed by atoms with E-state index in [4.69, 9.17) is 4.74 Å². The number of nitro groups is 1. The van der Waals surface area contributed by atoms with Gasteiger partial charge in [-0.25, -0.2) is 0 Å². The van der Waals surface area contributed by atoms with Crippen molar-refractivity contribution >= 4 is 13.8 Å². The van der Waals surface area contributed by atoms with E-state index in [-0.39, 0.29) is 16.9 Å². The molecule has 0 radical (unpaired) electrons. The Morgan fingerprint density at radius 3 is 2.26 bits per heavy atom. The fourth-order valence-corrected chi connectivity index (χ4v) is 3.06. The van der Waals surface area contributed by atoms with Crippen LogP contribution in [0.15, 0.2) is 36.4 Å². The van der Waals surface area contributed by atoms with Crippen molar-refractivity contribution in [1.82, 2.24) is 0 Å². The van der Waals surface area contributed by atoms with Gasteiger partial charge in [-0.05, 0) is 36.1 Å². The van der Waals surface area contributed by atoms with Gasteiger partial charge >= 0.3 is 5.69 Å². The Kier molecular flexibility index (Phi) is 5.81. The summed E-state index contributed by atoms with van der Waals surface area (Å²) >= 11 is 0. The summed E-state index contributed by atoms with van der Waals surface area (Å²) in [5, 5.41) is 11.4. The fraction of sp³-hybridized carbons (Fsp3) is 0.364. The molecule has 0 spiro atoms. The summed E-state index contributed by atoms with van der Waals surface area (Å²) in [6.07, 6.45) is 0. The minimum absolute atomic E-state index is 0.0338. The molecule has 2 aromatic rings. The molecule has 2 aromatic carbocycles. The van der Waals surface area contributed by atoms with E-state index >= 15 is 0 Å². The van der Waals surface area contributed by atoms with Crippen LogP contribution in [0.4, 0.5) is 5.69 Å². The highest BCUT2D eigenvalue weighted by atomic mass is 28.3. The van der Waals surface area contributed by atoms with Crippen LogP contribution in [0.3, 0.4) is 0 Å². The van der Waals surface area contributed by atoms with Crippen molar-refractivity contribution in [3.05, 3.63) is 63.2 Å². The third kappa shape index (κ3) is 5.70. The number of aryl methyl sites for hydroxylation is 1. The molecule has 0 aliphatic rings. The quantitative estimate of drug-likeness (QED) is 0.274. The van der Waals surface area contributed by atoms with Gasteiger partial charge in [0.05, 0.1) is 4.92 Å². The molecule has 0 saturated carbocycles. The Balaban J connectivity index is 2.56. The standard InChI is InChI=1S/C22H27NO3Si/c1-16-8-11-20(19(14-16)23(24)25)26-21-15-17(12-13-27(5,6)7)9-10-18(21)22(2,3)4/h8-11,14-15H,1-7H3. The van der Waals surface area contributed by atoms with Crippen LogP contribution in [0.25, 0.3) is 0 Å². The number of ether oxygens (including phenoxy) is 1. The molecule has 0 atom stereocenters. The van der Waals surface area contributed by atoms with Gasteiger partial charge in [0.2, 0.25) is 5.75 Å². The first-order valence-corrected chi connectivity index (χ1v) is 12.5. The lowest BCUT2D eigenvalue weighted by Crippen LogP contribution is -2.16. The Hall–Kier alpha value is -2.58. The van der Waals surface area contributed by atoms with E-state index in [0.717, 1.165) is 16.7 Å². The highest BCUT2D eigenvalue weighted by Crippen LogP contribution is 2.38. The van der Waals surface area contributed by atoms with Crippen LogP contribution < -0.4 is 4.74 Å². The zero-order valence-electron chi connectivity index (χ0n) is 17.1. The number of nitro benzene ring substituents is 1. The van der Waals surface area contributed by atoms with Crippen LogP contribution >= 0.6 is 0 Å². The van der Waals surface area contributed by atoms with E-state index in [1.807, 2.05) is 31.2 Å². The first-order valence-electron chi connectivity index (χ1n) is 8.97. The molecule has 0 saturated heterocycles. The van der Waals surface area contributed by atoms with Crippen LogP contribution in [0.2, 0.25) is 19.6 Å². The van der Waals surface area contributed by atoms with E-state index in [0.29, 0.717) is 5.75 Å². The second-order valence-electron chi connectivity index (χ2n) is 8.79. The average Bonchev–Trinajstić information content (AvgIpc) is 2.53. The molecule has 0 bridgehead atoms. The monoisotopic (exact) mass is 381 g/mol. The van der Waals surface area contributed by atoms with E-state index in [9.17, 15) is 10.1 Å². The van der Waals surface area contributed by atoms with Crippen molar-refractivity contribution < 1.29 is 9.66 Å². The van der Waals surface area contributed by atoms with Gasteiger partial charge in [0.15, 0.2) is 0 Å². The first-order chi connectivity index (χ1) is 12.4. The summed E-state index contributed by atoms with van der Waals surface area (Å²) in [5.41, 5.74) is 5.81. The van der Waals surface area contributed by atoms with E-state index in [1.54, 1.807) is 6.07 Å². The Morgan fingerprint density at radius 1 is 1.04 bits per heavy atom. The van der Waals surface area contributed by atoms with Crippen LogP contribution in [0.1, 0.15) is 37.5 Å². The second-order valence-corrected chi connectivity index (χ2v) is 13.5. The Morgan fingerprint density at radius 2 is 1.70 bits per heavy atom. The van der Waals surface area contributed by atoms with E-state index < -0.39 is 13.0 Å². The first kappa shape index (κ1) is 20.7. The van der Waals surface area contributed by atoms with Crippen LogP contribution in [0.5, 0.6) is 11.5 Å². The molecule has 142 valence electrons. The molecule has 0 amide bonds. The molecule has 5 heteroatoms. The third-order valence-electron chi connectivity index (χ3n) is 3.90. The molecule has 2 rings (SSSR count). The van der Waals surface area contributed by atoms with Crippen LogP contribution in [0, 0.1) is 28.5 Å². The topological polar surface area (TPSA) is 52.4 Å². The number of hydrogen-bond donors (Lipinski definition) is 0. The van der Waals surface area contributed by atoms with Gasteiger partial charge in [0, 0.05) is 17.2 Å². The smallest absolute Gasteiger partial charge is 0.311 e. The molecular formula is C22H27NO3Si. The average molecular weight is 382 g/mol. The Labute approximate surface area is 162 Å². The normalized spacial score (nSPS) is 11.5. The summed E-state index contributed by atoms with van der Waals surface area (Å²) in [5.74, 6) is 4.08. The maximum atomic E-state index is 11.4. The summed E-state index contributed by atoms with van der Waals surface area (Å²) in [6, 6.07) is 10.9. The van der Waals surface area contributed by atoms with Crippen LogP contribution in [-0.2, 0) is 5.41 Å². The summed E-state index contributed by atoms with van der Waals surface area (Å²) in [4.78, 5) is 11.0. The van der Waals surface area contributed by atoms with Gasteiger partial charge in [0.1, 0.15) is 13.8 Å². The van der Waals surface area contributed by atoms with Crippen LogP contribution in [-0.4, -0.2) is 13.0 Å². The van der Waals surface area contributed by atoms with Gasteiger partial charge in [-0.15, -0.1) is 5.54 Å². The van der Waals surface area contributed by atoms with Crippen molar-refractivity contribution in [2.75, 3.05) is 0 Å². The molecule has 0 fully saturated rings. The maximum absolute atomic E-state index is 11.4. The maximum Gasteiger partial charge on any atom is 0.311 e. The minimum atomic E-state index is -1.50. The molecule has 0 aliphatic heterocycles. The van der Waals surface area contributed by atoms with E-state index in [1.165, 1.54) is 6.07 Å². The van der Waals surface area contributed by atoms with Gasteiger partial charge in [-0.3, -0.25) is 10.1 Å². The highest BCUT2D eigenvalue weighted by molar-refractivity contribution is 6.83. The van der Waals surface area contributed by atoms with Gasteiger partial charge in [-0.1, -0.05) is 58.5 Å². The van der Waals surface area contributed by atoms with Crippen molar-refractivity contribution in [2.45, 2.75) is 52.8 Å². The molecular weight excluding hydrogens is 354 g/mol. The largest absolute Gasteiger partial charge is 0.450 e. The molecule has 0 aliphatic carbocycles. The zero-order valence-corrected chi connectivity index (χ0v) is 18.1. The molecule has 0 unspecified atom stereocenters. The SMILES string of the molecule is Cc1ccc(Oc2cc(C#C[Si](C)(C)C)ccc2C(C)(C)C)c([N+](=O)[O-])c1. The number of nitrogens with zero attached hydrogens (tertiary/aromatic N) is 1. The summed E-state index contributed by atoms with van der Waals surface area (Å²) in [6.45, 7) is 14.7. The lowest BCUT2D eigenvalue weighted by molar-refractivity contribution is -0.385. The fourth-order valence-electron chi connectivity index (χ4n) is 2.54. The van der Waals surface area contributed by atoms with Gasteiger partial charge in [0.25, 0.3) is 0 Å². The predicted octanol–water partition coefficient (Wildman–Crippen LogP) is 6.22. The molecule has 27 heavy (non-hydrogen) atoms. The molecule has 0 N–H and O–H groups in total. The predicted molar refractivity (Wildman–Crippen MR) is 113 cm³/mol. The highest BCUT2D eigenvalue weighted by Gasteiger charge is 2.22. The number of hydrogen-bond acceptors (Lipinski definition) is 3. The summed E-state index contributed by atoms with van der Waals surface area (Å²) in [7, 11) is -1.50. The lowest BCUT2D eigenvalue weighted by Gasteiger charge is -2.23. The lowest BCUT2D eigenvalue weighted by atomic mass is 9.86. The third-order valence-corrected chi connectivity index (χ3v) is 4.78. The van der Waals surface area contributed by atoms with E-state index in [2.05, 4.69) is 51.9 Å².